The molecule has 1 rings (SSSR count). The number of thioether (sulfide) groups is 1. The fraction of sp³-hybridized carbons (Fsp3) is 0.545. The van der Waals surface area contributed by atoms with Gasteiger partial charge in [0.05, 0.1) is 0 Å². The van der Waals surface area contributed by atoms with E-state index in [1.54, 1.807) is 11.8 Å². The van der Waals surface area contributed by atoms with Crippen LogP contribution in [0.25, 0.3) is 0 Å². The van der Waals surface area contributed by atoms with E-state index in [0.717, 1.165) is 11.1 Å². The van der Waals surface area contributed by atoms with E-state index in [0.29, 0.717) is 0 Å². The van der Waals surface area contributed by atoms with Crippen molar-refractivity contribution in [3.05, 3.63) is 29.6 Å². The van der Waals surface area contributed by atoms with Crippen LogP contribution in [0.2, 0.25) is 0 Å². The third-order valence-corrected chi connectivity index (χ3v) is 3.84. The topological polar surface area (TPSA) is 38.9 Å². The van der Waals surface area contributed by atoms with Crippen LogP contribution in [0, 0.1) is 6.92 Å². The van der Waals surface area contributed by atoms with Gasteiger partial charge in [-0.2, -0.15) is 11.8 Å². The van der Waals surface area contributed by atoms with Gasteiger partial charge in [-0.25, -0.2) is 0 Å². The lowest BCUT2D eigenvalue weighted by Crippen LogP contribution is -2.32. The lowest BCUT2D eigenvalue weighted by atomic mass is 9.97. The zero-order valence-corrected chi connectivity index (χ0v) is 10.1. The Labute approximate surface area is 90.3 Å². The van der Waals surface area contributed by atoms with E-state index in [9.17, 15) is 0 Å². The fourth-order valence-electron chi connectivity index (χ4n) is 1.28. The molecule has 1 aromatic rings. The predicted molar refractivity (Wildman–Crippen MR) is 63.5 cm³/mol. The van der Waals surface area contributed by atoms with E-state index >= 15 is 0 Å². The molecule has 0 amide bonds. The zero-order valence-electron chi connectivity index (χ0n) is 9.24. The predicted octanol–water partition coefficient (Wildman–Crippen LogP) is 2.53. The standard InChI is InChI=1S/C11H18N2S/c1-8-5-9(7-13-6-8)10(12)11(2,3)14-4/h5-7,10H,12H2,1-4H3. The highest BCUT2D eigenvalue weighted by Crippen LogP contribution is 2.33. The Hall–Kier alpha value is -0.540. The number of hydrogen-bond acceptors (Lipinski definition) is 3. The van der Waals surface area contributed by atoms with Crippen molar-refractivity contribution in [2.45, 2.75) is 31.6 Å². The van der Waals surface area contributed by atoms with Crippen LogP contribution >= 0.6 is 11.8 Å². The first-order valence-electron chi connectivity index (χ1n) is 4.69. The van der Waals surface area contributed by atoms with Crippen LogP contribution in [-0.4, -0.2) is 16.0 Å². The van der Waals surface area contributed by atoms with Gasteiger partial charge in [-0.3, -0.25) is 4.98 Å². The number of aryl methyl sites for hydroxylation is 1. The van der Waals surface area contributed by atoms with Gasteiger partial charge in [-0.15, -0.1) is 0 Å². The van der Waals surface area contributed by atoms with Crippen LogP contribution in [0.4, 0.5) is 0 Å². The average Bonchev–Trinajstić information content (AvgIpc) is 2.16. The molecule has 78 valence electrons. The molecule has 0 radical (unpaired) electrons. The van der Waals surface area contributed by atoms with Gasteiger partial charge in [-0.05, 0) is 38.2 Å². The molecule has 0 bridgehead atoms. The molecule has 14 heavy (non-hydrogen) atoms. The highest BCUT2D eigenvalue weighted by Gasteiger charge is 2.26. The Morgan fingerprint density at radius 3 is 2.57 bits per heavy atom. The molecule has 0 aliphatic heterocycles. The SMILES string of the molecule is CSC(C)(C)C(N)c1cncc(C)c1. The van der Waals surface area contributed by atoms with Crippen molar-refractivity contribution in [3.63, 3.8) is 0 Å². The maximum atomic E-state index is 6.19. The number of aromatic nitrogens is 1. The molecule has 0 saturated heterocycles. The molecular weight excluding hydrogens is 192 g/mol. The molecule has 2 N–H and O–H groups in total. The van der Waals surface area contributed by atoms with E-state index in [4.69, 9.17) is 5.73 Å². The summed E-state index contributed by atoms with van der Waals surface area (Å²) in [5.74, 6) is 0. The van der Waals surface area contributed by atoms with Gasteiger partial charge in [0.1, 0.15) is 0 Å². The van der Waals surface area contributed by atoms with Crippen molar-refractivity contribution >= 4 is 11.8 Å². The molecule has 2 nitrogen and oxygen atoms in total. The van der Waals surface area contributed by atoms with Crippen molar-refractivity contribution in [2.24, 2.45) is 5.73 Å². The Balaban J connectivity index is 2.94. The highest BCUT2D eigenvalue weighted by atomic mass is 32.2. The van der Waals surface area contributed by atoms with Crippen molar-refractivity contribution in [1.82, 2.24) is 4.98 Å². The molecule has 0 saturated carbocycles. The summed E-state index contributed by atoms with van der Waals surface area (Å²) >= 11 is 1.78. The van der Waals surface area contributed by atoms with Crippen molar-refractivity contribution in [2.75, 3.05) is 6.26 Å². The van der Waals surface area contributed by atoms with Crippen LogP contribution in [0.3, 0.4) is 0 Å². The molecule has 3 heteroatoms. The van der Waals surface area contributed by atoms with Gasteiger partial charge in [0.25, 0.3) is 0 Å². The normalized spacial score (nSPS) is 14.1. The minimum atomic E-state index is 0.0323. The molecule has 1 aromatic heterocycles. The Bertz CT molecular complexity index is 310. The summed E-state index contributed by atoms with van der Waals surface area (Å²) in [6.07, 6.45) is 5.79. The summed E-state index contributed by atoms with van der Waals surface area (Å²) in [5, 5.41) is 0. The first kappa shape index (κ1) is 11.5. The number of hydrogen-bond donors (Lipinski definition) is 1. The first-order chi connectivity index (χ1) is 6.47. The number of nitrogens with two attached hydrogens (primary N) is 1. The van der Waals surface area contributed by atoms with Crippen molar-refractivity contribution < 1.29 is 0 Å². The van der Waals surface area contributed by atoms with Gasteiger partial charge in [0.15, 0.2) is 0 Å². The zero-order chi connectivity index (χ0) is 10.8. The van der Waals surface area contributed by atoms with Crippen LogP contribution in [0.5, 0.6) is 0 Å². The van der Waals surface area contributed by atoms with Gasteiger partial charge in [-0.1, -0.05) is 6.07 Å². The number of nitrogens with zero attached hydrogens (tertiary/aromatic N) is 1. The molecule has 0 aromatic carbocycles. The lowest BCUT2D eigenvalue weighted by molar-refractivity contribution is 0.562. The Morgan fingerprint density at radius 2 is 2.07 bits per heavy atom. The van der Waals surface area contributed by atoms with E-state index in [2.05, 4.69) is 31.2 Å². The van der Waals surface area contributed by atoms with E-state index < -0.39 is 0 Å². The smallest absolute Gasteiger partial charge is 0.0454 e. The van der Waals surface area contributed by atoms with Crippen LogP contribution < -0.4 is 5.73 Å². The number of rotatable bonds is 3. The third kappa shape index (κ3) is 2.49. The van der Waals surface area contributed by atoms with Gasteiger partial charge in [0.2, 0.25) is 0 Å². The maximum absolute atomic E-state index is 6.19. The lowest BCUT2D eigenvalue weighted by Gasteiger charge is -2.29. The van der Waals surface area contributed by atoms with Crippen molar-refractivity contribution in [1.29, 1.82) is 0 Å². The van der Waals surface area contributed by atoms with E-state index in [1.165, 1.54) is 0 Å². The van der Waals surface area contributed by atoms with E-state index in [-0.39, 0.29) is 10.8 Å². The second-order valence-corrected chi connectivity index (χ2v) is 5.54. The molecule has 1 atom stereocenters. The summed E-state index contributed by atoms with van der Waals surface area (Å²) in [4.78, 5) is 4.16. The minimum Gasteiger partial charge on any atom is -0.323 e. The quantitative estimate of drug-likeness (QED) is 0.833. The molecule has 0 aliphatic rings. The van der Waals surface area contributed by atoms with Crippen LogP contribution in [-0.2, 0) is 0 Å². The first-order valence-corrected chi connectivity index (χ1v) is 5.92. The summed E-state index contributed by atoms with van der Waals surface area (Å²) < 4.78 is 0.0511. The Morgan fingerprint density at radius 1 is 1.43 bits per heavy atom. The number of pyridine rings is 1. The third-order valence-electron chi connectivity index (χ3n) is 2.53. The molecule has 0 spiro atoms. The van der Waals surface area contributed by atoms with Gasteiger partial charge < -0.3 is 5.73 Å². The summed E-state index contributed by atoms with van der Waals surface area (Å²) in [7, 11) is 0. The second kappa shape index (κ2) is 4.32. The summed E-state index contributed by atoms with van der Waals surface area (Å²) in [6.45, 7) is 6.35. The molecule has 1 heterocycles. The molecular formula is C11H18N2S. The summed E-state index contributed by atoms with van der Waals surface area (Å²) in [6, 6.07) is 2.14. The monoisotopic (exact) mass is 210 g/mol. The fourth-order valence-corrected chi connectivity index (χ4v) is 1.67. The average molecular weight is 210 g/mol. The molecule has 0 fully saturated rings. The van der Waals surface area contributed by atoms with Gasteiger partial charge >= 0.3 is 0 Å². The van der Waals surface area contributed by atoms with Crippen LogP contribution in [0.1, 0.15) is 31.0 Å². The summed E-state index contributed by atoms with van der Waals surface area (Å²) in [5.41, 5.74) is 8.47. The van der Waals surface area contributed by atoms with Crippen LogP contribution in [0.15, 0.2) is 18.5 Å². The van der Waals surface area contributed by atoms with Gasteiger partial charge in [0, 0.05) is 23.2 Å². The Kier molecular flexibility index (Phi) is 3.56. The molecule has 1 unspecified atom stereocenters. The maximum Gasteiger partial charge on any atom is 0.0454 e. The van der Waals surface area contributed by atoms with Crippen molar-refractivity contribution in [3.8, 4) is 0 Å². The second-order valence-electron chi connectivity index (χ2n) is 4.08. The highest BCUT2D eigenvalue weighted by molar-refractivity contribution is 7.99. The van der Waals surface area contributed by atoms with E-state index in [1.807, 2.05) is 19.3 Å². The minimum absolute atomic E-state index is 0.0323. The largest absolute Gasteiger partial charge is 0.323 e. The molecule has 0 aliphatic carbocycles.